The number of nitrogens with zero attached hydrogens (tertiary/aromatic N) is 2. The lowest BCUT2D eigenvalue weighted by Crippen LogP contribution is -2.37. The van der Waals surface area contributed by atoms with Gasteiger partial charge in [0.2, 0.25) is 0 Å². The number of rotatable bonds is 11. The van der Waals surface area contributed by atoms with Crippen LogP contribution in [-0.4, -0.2) is 66.3 Å². The summed E-state index contributed by atoms with van der Waals surface area (Å²) >= 11 is 6.28. The van der Waals surface area contributed by atoms with Gasteiger partial charge >= 0.3 is 5.97 Å². The third-order valence-corrected chi connectivity index (χ3v) is 8.76. The molecule has 3 aromatic rings. The first-order valence-corrected chi connectivity index (χ1v) is 15.1. The maximum Gasteiger partial charge on any atom is 0.308 e. The van der Waals surface area contributed by atoms with Crippen LogP contribution in [0.5, 0.6) is 0 Å². The van der Waals surface area contributed by atoms with Crippen LogP contribution in [0.1, 0.15) is 54.4 Å². The summed E-state index contributed by atoms with van der Waals surface area (Å²) < 4.78 is 28.0. The molecule has 9 nitrogen and oxygen atoms in total. The molecule has 1 amide bonds. The predicted octanol–water partition coefficient (Wildman–Crippen LogP) is 5.48. The Bertz CT molecular complexity index is 1490. The number of nitrogens with one attached hydrogen (secondary N) is 1. The molecular formula is C32H37ClFN3O6. The highest BCUT2D eigenvalue weighted by Crippen LogP contribution is 2.30. The van der Waals surface area contributed by atoms with Crippen molar-refractivity contribution in [2.75, 3.05) is 32.2 Å². The first-order chi connectivity index (χ1) is 20.7. The van der Waals surface area contributed by atoms with Crippen molar-refractivity contribution in [1.82, 2.24) is 9.63 Å². The quantitative estimate of drug-likeness (QED) is 0.286. The fourth-order valence-electron chi connectivity index (χ4n) is 5.98. The van der Waals surface area contributed by atoms with E-state index in [1.54, 1.807) is 11.3 Å². The van der Waals surface area contributed by atoms with E-state index in [0.717, 1.165) is 49.4 Å². The van der Waals surface area contributed by atoms with Gasteiger partial charge in [0.05, 0.1) is 43.0 Å². The highest BCUT2D eigenvalue weighted by Gasteiger charge is 2.31. The minimum absolute atomic E-state index is 0.0296. The molecule has 1 N–H and O–H groups in total. The van der Waals surface area contributed by atoms with Crippen molar-refractivity contribution in [3.8, 4) is 0 Å². The zero-order chi connectivity index (χ0) is 30.5. The first kappa shape index (κ1) is 31.1. The van der Waals surface area contributed by atoms with Gasteiger partial charge in [-0.15, -0.1) is 0 Å². The number of esters is 1. The number of amides is 1. The number of Topliss-reactive ketones (excluding diaryl/α,β-unsaturated/α-hetero) is 1. The standard InChI is InChI=1S/C32H37ClFN3O6/c1-36-17-26(25-7-3-4-8-28(25)36)31(39)35-27-14-11-21(30(34)29(27)33)16-23(38)19-43-37-15-5-6-22(37)18-42-24-12-9-20(10-13-24)32(40)41-2/h3-4,7-8,11,14,17,20,22,24H,5-6,9-10,12-13,15-16,18-19H2,1-2H3,(H,35,39)/t20?,22-,24?/m1/s1. The number of halogens is 2. The Balaban J connectivity index is 1.10. The van der Waals surface area contributed by atoms with Crippen molar-refractivity contribution in [1.29, 1.82) is 0 Å². The van der Waals surface area contributed by atoms with Crippen molar-refractivity contribution in [2.24, 2.45) is 13.0 Å². The SMILES string of the molecule is COC(=O)C1CCC(OC[C@H]2CCCN2OCC(=O)Cc2ccc(NC(=O)c3cn(C)c4ccccc34)c(Cl)c2F)CC1. The van der Waals surface area contributed by atoms with E-state index in [0.29, 0.717) is 18.7 Å². The van der Waals surface area contributed by atoms with Crippen LogP contribution in [0.2, 0.25) is 5.02 Å². The molecule has 1 saturated heterocycles. The molecule has 1 atom stereocenters. The molecule has 1 aromatic heterocycles. The molecule has 5 rings (SSSR count). The fraction of sp³-hybridized carbons (Fsp3) is 0.469. The van der Waals surface area contributed by atoms with E-state index in [9.17, 15) is 14.4 Å². The van der Waals surface area contributed by atoms with Gasteiger partial charge in [-0.05, 0) is 56.2 Å². The van der Waals surface area contributed by atoms with Crippen molar-refractivity contribution in [3.05, 3.63) is 64.6 Å². The fourth-order valence-corrected chi connectivity index (χ4v) is 6.21. The van der Waals surface area contributed by atoms with Gasteiger partial charge in [-0.3, -0.25) is 19.2 Å². The number of hydrogen-bond donors (Lipinski definition) is 1. The van der Waals surface area contributed by atoms with Crippen molar-refractivity contribution < 1.29 is 33.1 Å². The summed E-state index contributed by atoms with van der Waals surface area (Å²) in [4.78, 5) is 43.3. The van der Waals surface area contributed by atoms with Crippen LogP contribution in [0.4, 0.5) is 10.1 Å². The second-order valence-electron chi connectivity index (χ2n) is 11.3. The third kappa shape index (κ3) is 7.26. The van der Waals surface area contributed by atoms with Gasteiger partial charge in [0.15, 0.2) is 5.78 Å². The monoisotopic (exact) mass is 613 g/mol. The number of hydrogen-bond acceptors (Lipinski definition) is 7. The molecule has 0 bridgehead atoms. The molecule has 2 heterocycles. The first-order valence-electron chi connectivity index (χ1n) is 14.7. The summed E-state index contributed by atoms with van der Waals surface area (Å²) in [7, 11) is 3.27. The van der Waals surface area contributed by atoms with Gasteiger partial charge in [-0.25, -0.2) is 4.39 Å². The Kier molecular flexibility index (Phi) is 10.1. The molecule has 230 valence electrons. The van der Waals surface area contributed by atoms with Gasteiger partial charge in [-0.1, -0.05) is 35.9 Å². The minimum Gasteiger partial charge on any atom is -0.469 e. The van der Waals surface area contributed by atoms with E-state index >= 15 is 4.39 Å². The number of aryl methyl sites for hydroxylation is 1. The van der Waals surface area contributed by atoms with Crippen LogP contribution in [0.3, 0.4) is 0 Å². The van der Waals surface area contributed by atoms with E-state index in [-0.39, 0.29) is 59.1 Å². The molecule has 1 aliphatic carbocycles. The maximum absolute atomic E-state index is 15.2. The van der Waals surface area contributed by atoms with Gasteiger partial charge in [0.25, 0.3) is 5.91 Å². The van der Waals surface area contributed by atoms with Crippen molar-refractivity contribution >= 4 is 45.9 Å². The average Bonchev–Trinajstić information content (AvgIpc) is 3.62. The Hall–Kier alpha value is -3.31. The number of carbonyl (C=O) groups is 3. The Labute approximate surface area is 255 Å². The summed E-state index contributed by atoms with van der Waals surface area (Å²) in [6.45, 7) is 0.969. The molecule has 2 fully saturated rings. The van der Waals surface area contributed by atoms with Crippen molar-refractivity contribution in [3.63, 3.8) is 0 Å². The molecular weight excluding hydrogens is 577 g/mol. The summed E-state index contributed by atoms with van der Waals surface area (Å²) in [5.74, 6) is -1.66. The lowest BCUT2D eigenvalue weighted by Gasteiger charge is -2.29. The zero-order valence-corrected chi connectivity index (χ0v) is 25.2. The number of carbonyl (C=O) groups excluding carboxylic acids is 3. The minimum atomic E-state index is -0.750. The van der Waals surface area contributed by atoms with Gasteiger partial charge in [0.1, 0.15) is 17.4 Å². The third-order valence-electron chi connectivity index (χ3n) is 8.39. The zero-order valence-electron chi connectivity index (χ0n) is 24.4. The number of ether oxygens (including phenoxy) is 2. The summed E-state index contributed by atoms with van der Waals surface area (Å²) in [5.41, 5.74) is 1.60. The van der Waals surface area contributed by atoms with E-state index in [2.05, 4.69) is 5.32 Å². The Morgan fingerprint density at radius 2 is 1.84 bits per heavy atom. The van der Waals surface area contributed by atoms with Crippen LogP contribution in [0.25, 0.3) is 10.9 Å². The summed E-state index contributed by atoms with van der Waals surface area (Å²) in [6.07, 6.45) is 6.57. The molecule has 2 aliphatic rings. The van der Waals surface area contributed by atoms with E-state index in [1.807, 2.05) is 35.9 Å². The second kappa shape index (κ2) is 14.0. The van der Waals surface area contributed by atoms with Gasteiger partial charge in [-0.2, -0.15) is 5.06 Å². The normalized spacial score (nSPS) is 20.8. The van der Waals surface area contributed by atoms with E-state index < -0.39 is 11.7 Å². The highest BCUT2D eigenvalue weighted by molar-refractivity contribution is 6.34. The Morgan fingerprint density at radius 3 is 2.60 bits per heavy atom. The molecule has 1 aliphatic heterocycles. The molecule has 0 spiro atoms. The van der Waals surface area contributed by atoms with Gasteiger partial charge < -0.3 is 19.4 Å². The maximum atomic E-state index is 15.2. The predicted molar refractivity (Wildman–Crippen MR) is 160 cm³/mol. The molecule has 1 saturated carbocycles. The number of anilines is 1. The summed E-state index contributed by atoms with van der Waals surface area (Å²) in [5, 5.41) is 5.00. The van der Waals surface area contributed by atoms with Crippen LogP contribution < -0.4 is 5.32 Å². The van der Waals surface area contributed by atoms with Gasteiger partial charge in [0, 0.05) is 37.1 Å². The topological polar surface area (TPSA) is 99.1 Å². The van der Waals surface area contributed by atoms with E-state index in [1.165, 1.54) is 19.2 Å². The number of aromatic nitrogens is 1. The summed E-state index contributed by atoms with van der Waals surface area (Å²) in [6, 6.07) is 10.5. The largest absolute Gasteiger partial charge is 0.469 e. The van der Waals surface area contributed by atoms with Crippen LogP contribution in [-0.2, 0) is 37.4 Å². The molecule has 43 heavy (non-hydrogen) atoms. The van der Waals surface area contributed by atoms with Crippen molar-refractivity contribution in [2.45, 2.75) is 57.1 Å². The second-order valence-corrected chi connectivity index (χ2v) is 11.7. The van der Waals surface area contributed by atoms with Crippen LogP contribution >= 0.6 is 11.6 Å². The van der Waals surface area contributed by atoms with E-state index in [4.69, 9.17) is 25.9 Å². The van der Waals surface area contributed by atoms with Crippen LogP contribution in [0.15, 0.2) is 42.6 Å². The number of benzene rings is 2. The number of ketones is 1. The number of methoxy groups -OCH3 is 1. The molecule has 0 radical (unpaired) electrons. The highest BCUT2D eigenvalue weighted by atomic mass is 35.5. The number of hydroxylamine groups is 2. The lowest BCUT2D eigenvalue weighted by atomic mass is 9.87. The number of fused-ring (bicyclic) bond motifs is 1. The molecule has 11 heteroatoms. The van der Waals surface area contributed by atoms with Crippen LogP contribution in [0, 0.1) is 11.7 Å². The lowest BCUT2D eigenvalue weighted by molar-refractivity contribution is -0.186. The Morgan fingerprint density at radius 1 is 1.07 bits per heavy atom. The molecule has 0 unspecified atom stereocenters. The number of para-hydroxylation sites is 1. The smallest absolute Gasteiger partial charge is 0.308 e. The average molecular weight is 614 g/mol. The molecule has 2 aromatic carbocycles.